The molecule has 0 fully saturated rings. The maximum absolute atomic E-state index is 12.6. The number of rotatable bonds is 6. The van der Waals surface area contributed by atoms with E-state index in [4.69, 9.17) is 20.8 Å². The third kappa shape index (κ3) is 4.01. The SMILES string of the molecule is COc1ccc(Cl)cc1S(=O)(=O)NCc1ccnc(-c2ccco2)c1. The van der Waals surface area contributed by atoms with E-state index in [-0.39, 0.29) is 17.2 Å². The molecule has 0 aliphatic heterocycles. The predicted molar refractivity (Wildman–Crippen MR) is 94.0 cm³/mol. The number of sulfonamides is 1. The fourth-order valence-electron chi connectivity index (χ4n) is 2.26. The average Bonchev–Trinajstić information content (AvgIpc) is 3.15. The Morgan fingerprint density at radius 3 is 2.80 bits per heavy atom. The van der Waals surface area contributed by atoms with Crippen LogP contribution >= 0.6 is 11.6 Å². The van der Waals surface area contributed by atoms with Crippen LogP contribution in [0.2, 0.25) is 5.02 Å². The Morgan fingerprint density at radius 1 is 1.24 bits per heavy atom. The molecule has 0 amide bonds. The van der Waals surface area contributed by atoms with Crippen LogP contribution in [0.4, 0.5) is 0 Å². The second-order valence-electron chi connectivity index (χ2n) is 5.15. The minimum Gasteiger partial charge on any atom is -0.495 e. The minimum absolute atomic E-state index is 0.0113. The highest BCUT2D eigenvalue weighted by atomic mass is 35.5. The molecule has 0 atom stereocenters. The standard InChI is InChI=1S/C17H15ClN2O4S/c1-23-16-5-4-13(18)10-17(16)25(21,22)20-11-12-6-7-19-14(9-12)15-3-2-8-24-15/h2-10,20H,11H2,1H3. The van der Waals surface area contributed by atoms with Gasteiger partial charge in [-0.2, -0.15) is 0 Å². The largest absolute Gasteiger partial charge is 0.495 e. The van der Waals surface area contributed by atoms with Gasteiger partial charge in [0.25, 0.3) is 0 Å². The molecular formula is C17H15ClN2O4S. The smallest absolute Gasteiger partial charge is 0.244 e. The number of ether oxygens (including phenoxy) is 1. The lowest BCUT2D eigenvalue weighted by Gasteiger charge is -2.11. The summed E-state index contributed by atoms with van der Waals surface area (Å²) in [5.74, 6) is 0.837. The molecule has 0 unspecified atom stereocenters. The Labute approximate surface area is 150 Å². The summed E-state index contributed by atoms with van der Waals surface area (Å²) < 4.78 is 38.1. The van der Waals surface area contributed by atoms with E-state index in [0.29, 0.717) is 16.5 Å². The van der Waals surface area contributed by atoms with Crippen LogP contribution in [0, 0.1) is 0 Å². The first kappa shape index (κ1) is 17.5. The van der Waals surface area contributed by atoms with E-state index in [9.17, 15) is 8.42 Å². The zero-order valence-corrected chi connectivity index (χ0v) is 14.8. The lowest BCUT2D eigenvalue weighted by atomic mass is 10.2. The number of benzene rings is 1. The summed E-state index contributed by atoms with van der Waals surface area (Å²) in [5.41, 5.74) is 1.37. The van der Waals surface area contributed by atoms with Gasteiger partial charge >= 0.3 is 0 Å². The Bertz CT molecular complexity index is 972. The van der Waals surface area contributed by atoms with Crippen molar-refractivity contribution in [2.75, 3.05) is 7.11 Å². The van der Waals surface area contributed by atoms with Crippen LogP contribution < -0.4 is 9.46 Å². The van der Waals surface area contributed by atoms with Gasteiger partial charge < -0.3 is 9.15 Å². The summed E-state index contributed by atoms with van der Waals surface area (Å²) >= 11 is 5.91. The summed E-state index contributed by atoms with van der Waals surface area (Å²) in [7, 11) is -2.39. The van der Waals surface area contributed by atoms with Crippen molar-refractivity contribution in [3.63, 3.8) is 0 Å². The topological polar surface area (TPSA) is 81.4 Å². The van der Waals surface area contributed by atoms with Gasteiger partial charge in [0, 0.05) is 17.8 Å². The average molecular weight is 379 g/mol. The Morgan fingerprint density at radius 2 is 2.08 bits per heavy atom. The summed E-state index contributed by atoms with van der Waals surface area (Å²) in [4.78, 5) is 4.20. The number of halogens is 1. The lowest BCUT2D eigenvalue weighted by Crippen LogP contribution is -2.23. The van der Waals surface area contributed by atoms with Crippen molar-refractivity contribution in [2.24, 2.45) is 0 Å². The number of furan rings is 1. The molecule has 0 aliphatic rings. The molecule has 2 aromatic heterocycles. The second kappa shape index (κ2) is 7.26. The van der Waals surface area contributed by atoms with E-state index in [2.05, 4.69) is 9.71 Å². The van der Waals surface area contributed by atoms with E-state index in [1.807, 2.05) is 0 Å². The molecule has 3 rings (SSSR count). The van der Waals surface area contributed by atoms with Crippen molar-refractivity contribution in [3.05, 3.63) is 65.5 Å². The highest BCUT2D eigenvalue weighted by Gasteiger charge is 2.20. The Kier molecular flexibility index (Phi) is 5.08. The molecule has 0 bridgehead atoms. The zero-order valence-electron chi connectivity index (χ0n) is 13.3. The molecule has 0 aliphatic carbocycles. The van der Waals surface area contributed by atoms with Crippen LogP contribution in [-0.2, 0) is 16.6 Å². The molecule has 0 radical (unpaired) electrons. The monoisotopic (exact) mass is 378 g/mol. The Balaban J connectivity index is 1.81. The summed E-state index contributed by atoms with van der Waals surface area (Å²) in [6, 6.07) is 11.5. The van der Waals surface area contributed by atoms with Crippen molar-refractivity contribution < 1.29 is 17.6 Å². The molecule has 8 heteroatoms. The summed E-state index contributed by atoms with van der Waals surface area (Å²) in [6.45, 7) is 0.0915. The maximum atomic E-state index is 12.6. The molecule has 0 saturated carbocycles. The van der Waals surface area contributed by atoms with Gasteiger partial charge in [0.1, 0.15) is 16.3 Å². The second-order valence-corrected chi connectivity index (χ2v) is 7.32. The molecule has 3 aromatic rings. The molecule has 1 aromatic carbocycles. The first-order chi connectivity index (χ1) is 12.0. The van der Waals surface area contributed by atoms with Crippen LogP contribution in [-0.4, -0.2) is 20.5 Å². The first-order valence-corrected chi connectivity index (χ1v) is 9.18. The third-order valence-electron chi connectivity index (χ3n) is 3.48. The summed E-state index contributed by atoms with van der Waals surface area (Å²) in [5, 5.41) is 0.310. The maximum Gasteiger partial charge on any atom is 0.244 e. The van der Waals surface area contributed by atoms with Crippen LogP contribution in [0.3, 0.4) is 0 Å². The van der Waals surface area contributed by atoms with E-state index >= 15 is 0 Å². The first-order valence-electron chi connectivity index (χ1n) is 7.31. The van der Waals surface area contributed by atoms with Crippen molar-refractivity contribution in [2.45, 2.75) is 11.4 Å². The summed E-state index contributed by atoms with van der Waals surface area (Å²) in [6.07, 6.45) is 3.15. The van der Waals surface area contributed by atoms with Crippen LogP contribution in [0.25, 0.3) is 11.5 Å². The van der Waals surface area contributed by atoms with E-state index in [1.54, 1.807) is 42.8 Å². The number of hydrogen-bond acceptors (Lipinski definition) is 5. The van der Waals surface area contributed by atoms with Gasteiger partial charge in [-0.15, -0.1) is 0 Å². The number of methoxy groups -OCH3 is 1. The highest BCUT2D eigenvalue weighted by Crippen LogP contribution is 2.27. The van der Waals surface area contributed by atoms with Crippen molar-refractivity contribution in [1.29, 1.82) is 0 Å². The fourth-order valence-corrected chi connectivity index (χ4v) is 3.71. The lowest BCUT2D eigenvalue weighted by molar-refractivity contribution is 0.402. The quantitative estimate of drug-likeness (QED) is 0.710. The van der Waals surface area contributed by atoms with Gasteiger partial charge in [0.05, 0.1) is 13.4 Å². The minimum atomic E-state index is -3.79. The third-order valence-corrected chi connectivity index (χ3v) is 5.14. The van der Waals surface area contributed by atoms with E-state index < -0.39 is 10.0 Å². The molecule has 25 heavy (non-hydrogen) atoms. The molecule has 0 spiro atoms. The van der Waals surface area contributed by atoms with Gasteiger partial charge in [0.2, 0.25) is 10.0 Å². The van der Waals surface area contributed by atoms with Gasteiger partial charge in [0.15, 0.2) is 5.76 Å². The Hall–Kier alpha value is -2.35. The van der Waals surface area contributed by atoms with Crippen molar-refractivity contribution in [3.8, 4) is 17.2 Å². The fraction of sp³-hybridized carbons (Fsp3) is 0.118. The molecule has 0 saturated heterocycles. The molecule has 130 valence electrons. The number of nitrogens with zero attached hydrogens (tertiary/aromatic N) is 1. The van der Waals surface area contributed by atoms with Crippen LogP contribution in [0.1, 0.15) is 5.56 Å². The van der Waals surface area contributed by atoms with Gasteiger partial charge in [-0.25, -0.2) is 13.1 Å². The van der Waals surface area contributed by atoms with E-state index in [1.165, 1.54) is 19.2 Å². The number of hydrogen-bond donors (Lipinski definition) is 1. The number of pyridine rings is 1. The highest BCUT2D eigenvalue weighted by molar-refractivity contribution is 7.89. The molecule has 2 heterocycles. The van der Waals surface area contributed by atoms with Crippen molar-refractivity contribution in [1.82, 2.24) is 9.71 Å². The van der Waals surface area contributed by atoms with Gasteiger partial charge in [-0.3, -0.25) is 4.98 Å². The molecule has 6 nitrogen and oxygen atoms in total. The molecule has 1 N–H and O–H groups in total. The molecular weight excluding hydrogens is 364 g/mol. The predicted octanol–water partition coefficient (Wildman–Crippen LogP) is 3.48. The van der Waals surface area contributed by atoms with Gasteiger partial charge in [-0.05, 0) is 48.0 Å². The van der Waals surface area contributed by atoms with Gasteiger partial charge in [-0.1, -0.05) is 11.6 Å². The van der Waals surface area contributed by atoms with Crippen molar-refractivity contribution >= 4 is 21.6 Å². The van der Waals surface area contributed by atoms with Crippen LogP contribution in [0.5, 0.6) is 5.75 Å². The number of nitrogens with one attached hydrogen (secondary N) is 1. The number of aromatic nitrogens is 1. The zero-order chi connectivity index (χ0) is 17.9. The van der Waals surface area contributed by atoms with E-state index in [0.717, 1.165) is 5.56 Å². The normalized spacial score (nSPS) is 11.4. The van der Waals surface area contributed by atoms with Crippen LogP contribution in [0.15, 0.2) is 64.2 Å².